The van der Waals surface area contributed by atoms with E-state index in [9.17, 15) is 19.5 Å². The van der Waals surface area contributed by atoms with Gasteiger partial charge in [0, 0.05) is 19.7 Å². The number of likely N-dealkylation sites (N-methyl/N-ethyl adjacent to an activating group) is 1. The van der Waals surface area contributed by atoms with Crippen molar-refractivity contribution in [2.75, 3.05) is 13.6 Å². The van der Waals surface area contributed by atoms with Crippen molar-refractivity contribution in [2.45, 2.75) is 43.8 Å². The topological polar surface area (TPSA) is 181 Å². The molecule has 0 bridgehead atoms. The van der Waals surface area contributed by atoms with Crippen LogP contribution in [0, 0.1) is 0 Å². The fraction of sp³-hybridized carbons (Fsp3) is 0.600. The zero-order chi connectivity index (χ0) is 19.0. The molecular formula is C15H26N6O4. The maximum absolute atomic E-state index is 12.4. The molecule has 0 aromatic carbocycles. The highest BCUT2D eigenvalue weighted by atomic mass is 16.4. The molecule has 0 aliphatic carbocycles. The minimum Gasteiger partial charge on any atom is -0.479 e. The molecule has 0 aliphatic heterocycles. The fourth-order valence-corrected chi connectivity index (χ4v) is 2.44. The molecule has 0 aliphatic rings. The van der Waals surface area contributed by atoms with Crippen molar-refractivity contribution >= 4 is 17.7 Å². The number of hydrogen-bond donors (Lipinski definition) is 5. The summed E-state index contributed by atoms with van der Waals surface area (Å²) in [6, 6.07) is -3.67. The van der Waals surface area contributed by atoms with Gasteiger partial charge in [-0.1, -0.05) is 6.42 Å². The Morgan fingerprint density at radius 1 is 1.28 bits per heavy atom. The molecule has 1 heterocycles. The minimum absolute atomic E-state index is 0.121. The third-order valence-corrected chi connectivity index (χ3v) is 3.87. The quantitative estimate of drug-likeness (QED) is 0.228. The lowest BCUT2D eigenvalue weighted by Crippen LogP contribution is -2.56. The highest BCUT2D eigenvalue weighted by molar-refractivity contribution is 6.07. The summed E-state index contributed by atoms with van der Waals surface area (Å²) in [5.41, 5.74) is 17.6. The van der Waals surface area contributed by atoms with Gasteiger partial charge in [0.1, 0.15) is 0 Å². The Kier molecular flexibility index (Phi) is 8.19. The fourth-order valence-electron chi connectivity index (χ4n) is 2.44. The van der Waals surface area contributed by atoms with Crippen LogP contribution in [0.2, 0.25) is 0 Å². The van der Waals surface area contributed by atoms with E-state index in [1.54, 1.807) is 6.20 Å². The molecule has 8 N–H and O–H groups in total. The third-order valence-electron chi connectivity index (χ3n) is 3.87. The van der Waals surface area contributed by atoms with Gasteiger partial charge in [-0.05, 0) is 19.4 Å². The van der Waals surface area contributed by atoms with Gasteiger partial charge >= 0.3 is 5.97 Å². The van der Waals surface area contributed by atoms with Gasteiger partial charge in [-0.3, -0.25) is 9.59 Å². The van der Waals surface area contributed by atoms with Crippen LogP contribution in [0.1, 0.15) is 25.0 Å². The van der Waals surface area contributed by atoms with E-state index in [1.807, 2.05) is 0 Å². The van der Waals surface area contributed by atoms with Crippen LogP contribution in [-0.2, 0) is 20.8 Å². The molecule has 10 heteroatoms. The summed E-state index contributed by atoms with van der Waals surface area (Å²) in [4.78, 5) is 43.8. The van der Waals surface area contributed by atoms with Crippen LogP contribution in [0.4, 0.5) is 0 Å². The Balaban J connectivity index is 2.77. The van der Waals surface area contributed by atoms with Crippen molar-refractivity contribution in [1.29, 1.82) is 0 Å². The highest BCUT2D eigenvalue weighted by Gasteiger charge is 2.37. The summed E-state index contributed by atoms with van der Waals surface area (Å²) >= 11 is 0. The average molecular weight is 354 g/mol. The number of hydrogen-bond acceptors (Lipinski definition) is 7. The smallest absolute Gasteiger partial charge is 0.334 e. The molecule has 1 rings (SSSR count). The van der Waals surface area contributed by atoms with Crippen LogP contribution in [-0.4, -0.2) is 69.4 Å². The summed E-state index contributed by atoms with van der Waals surface area (Å²) in [7, 11) is 1.23. The first-order valence-electron chi connectivity index (χ1n) is 8.01. The van der Waals surface area contributed by atoms with E-state index in [-0.39, 0.29) is 6.42 Å². The second-order valence-corrected chi connectivity index (χ2v) is 5.85. The Morgan fingerprint density at radius 2 is 1.96 bits per heavy atom. The lowest BCUT2D eigenvalue weighted by Gasteiger charge is -2.28. The predicted octanol–water partition coefficient (Wildman–Crippen LogP) is -1.78. The number of carboxylic acid groups (broad SMARTS) is 1. The number of aromatic amines is 1. The van der Waals surface area contributed by atoms with Crippen molar-refractivity contribution in [2.24, 2.45) is 17.2 Å². The monoisotopic (exact) mass is 354 g/mol. The van der Waals surface area contributed by atoms with Gasteiger partial charge < -0.3 is 32.2 Å². The van der Waals surface area contributed by atoms with Crippen LogP contribution in [0.3, 0.4) is 0 Å². The Bertz CT molecular complexity index is 577. The number of rotatable bonds is 11. The van der Waals surface area contributed by atoms with Gasteiger partial charge in [0.25, 0.3) is 0 Å². The number of imidazole rings is 1. The molecule has 1 aromatic rings. The molecule has 0 fully saturated rings. The number of H-pyrrole nitrogens is 1. The van der Waals surface area contributed by atoms with Crippen LogP contribution in [0.15, 0.2) is 12.5 Å². The molecule has 0 saturated carbocycles. The van der Waals surface area contributed by atoms with Crippen molar-refractivity contribution in [3.8, 4) is 0 Å². The second-order valence-electron chi connectivity index (χ2n) is 5.85. The Hall–Kier alpha value is -2.30. The molecule has 25 heavy (non-hydrogen) atoms. The van der Waals surface area contributed by atoms with E-state index in [0.717, 1.165) is 4.90 Å². The van der Waals surface area contributed by atoms with Gasteiger partial charge in [-0.25, -0.2) is 9.78 Å². The molecular weight excluding hydrogens is 328 g/mol. The summed E-state index contributed by atoms with van der Waals surface area (Å²) in [6.07, 6.45) is 4.74. The molecule has 140 valence electrons. The average Bonchev–Trinajstić information content (AvgIpc) is 3.06. The number of carboxylic acids is 1. The van der Waals surface area contributed by atoms with Gasteiger partial charge in [0.05, 0.1) is 24.1 Å². The second kappa shape index (κ2) is 9.87. The van der Waals surface area contributed by atoms with Crippen LogP contribution in [0.5, 0.6) is 0 Å². The number of carbonyl (C=O) groups excluding carboxylic acids is 2. The molecule has 0 radical (unpaired) electrons. The normalized spacial score (nSPS) is 14.6. The zero-order valence-corrected chi connectivity index (χ0v) is 14.2. The van der Waals surface area contributed by atoms with Crippen molar-refractivity contribution in [3.63, 3.8) is 0 Å². The van der Waals surface area contributed by atoms with E-state index in [2.05, 4.69) is 9.97 Å². The summed E-state index contributed by atoms with van der Waals surface area (Å²) in [6.45, 7) is 0.462. The third kappa shape index (κ3) is 5.93. The maximum atomic E-state index is 12.4. The number of amides is 1. The van der Waals surface area contributed by atoms with Gasteiger partial charge in [0.2, 0.25) is 5.91 Å². The number of Topliss-reactive ketones (excluding diaryl/α,β-unsaturated/α-hetero) is 1. The first-order chi connectivity index (χ1) is 11.8. The zero-order valence-electron chi connectivity index (χ0n) is 14.2. The lowest BCUT2D eigenvalue weighted by atomic mass is 9.99. The van der Waals surface area contributed by atoms with Crippen molar-refractivity contribution in [3.05, 3.63) is 18.2 Å². The minimum atomic E-state index is -1.68. The van der Waals surface area contributed by atoms with Gasteiger partial charge in [0.15, 0.2) is 11.8 Å². The summed E-state index contributed by atoms with van der Waals surface area (Å²) in [5, 5.41) is 9.37. The van der Waals surface area contributed by atoms with Crippen LogP contribution >= 0.6 is 0 Å². The molecule has 3 unspecified atom stereocenters. The highest BCUT2D eigenvalue weighted by Crippen LogP contribution is 2.09. The maximum Gasteiger partial charge on any atom is 0.334 e. The number of aromatic nitrogens is 2. The largest absolute Gasteiger partial charge is 0.479 e. The molecule has 1 aromatic heterocycles. The SMILES string of the molecule is CN(C(=O)C(N)Cc1c[nH]cn1)C(C(=O)O)C(=O)C(N)CCCCN. The van der Waals surface area contributed by atoms with Crippen LogP contribution < -0.4 is 17.2 Å². The van der Waals surface area contributed by atoms with Crippen LogP contribution in [0.25, 0.3) is 0 Å². The predicted molar refractivity (Wildman–Crippen MR) is 90.3 cm³/mol. The van der Waals surface area contributed by atoms with E-state index in [4.69, 9.17) is 17.2 Å². The number of ketones is 1. The molecule has 0 spiro atoms. The van der Waals surface area contributed by atoms with Crippen molar-refractivity contribution in [1.82, 2.24) is 14.9 Å². The molecule has 1 amide bonds. The van der Waals surface area contributed by atoms with Crippen molar-refractivity contribution < 1.29 is 19.5 Å². The number of unbranched alkanes of at least 4 members (excludes halogenated alkanes) is 1. The first-order valence-corrected chi connectivity index (χ1v) is 8.01. The summed E-state index contributed by atoms with van der Waals surface area (Å²) < 4.78 is 0. The van der Waals surface area contributed by atoms with E-state index < -0.39 is 35.8 Å². The van der Waals surface area contributed by atoms with Gasteiger partial charge in [-0.2, -0.15) is 0 Å². The standard InChI is InChI=1S/C15H26N6O4/c1-21(14(23)11(18)6-9-7-19-8-20-9)12(15(24)25)13(22)10(17)4-2-3-5-16/h7-8,10-12H,2-6,16-18H2,1H3,(H,19,20)(H,24,25). The van der Waals surface area contributed by atoms with E-state index in [1.165, 1.54) is 13.4 Å². The number of nitrogens with two attached hydrogens (primary N) is 3. The molecule has 0 saturated heterocycles. The number of carbonyl (C=O) groups is 3. The number of aliphatic carboxylic acids is 1. The molecule has 10 nitrogen and oxygen atoms in total. The number of nitrogens with one attached hydrogen (secondary N) is 1. The van der Waals surface area contributed by atoms with E-state index in [0.29, 0.717) is 31.5 Å². The first kappa shape index (κ1) is 20.7. The molecule has 3 atom stereocenters. The number of nitrogens with zero attached hydrogens (tertiary/aromatic N) is 2. The van der Waals surface area contributed by atoms with Gasteiger partial charge in [-0.15, -0.1) is 0 Å². The van der Waals surface area contributed by atoms with E-state index >= 15 is 0 Å². The summed E-state index contributed by atoms with van der Waals surface area (Å²) in [5.74, 6) is -2.84. The Morgan fingerprint density at radius 3 is 2.48 bits per heavy atom. The lowest BCUT2D eigenvalue weighted by molar-refractivity contribution is -0.154. The Labute approximate surface area is 145 Å².